The Hall–Kier alpha value is -2.75. The predicted octanol–water partition coefficient (Wildman–Crippen LogP) is 5.37. The Morgan fingerprint density at radius 3 is 2.60 bits per heavy atom. The molecule has 2 aromatic carbocycles. The van der Waals surface area contributed by atoms with Crippen molar-refractivity contribution in [1.29, 1.82) is 0 Å². The van der Waals surface area contributed by atoms with Crippen LogP contribution in [0.5, 0.6) is 0 Å². The Morgan fingerprint density at radius 2 is 1.88 bits per heavy atom. The molecule has 0 saturated heterocycles. The van der Waals surface area contributed by atoms with E-state index in [2.05, 4.69) is 24.1 Å². The van der Waals surface area contributed by atoms with Gasteiger partial charge in [-0.3, -0.25) is 9.78 Å². The Balaban J connectivity index is 2.09. The normalized spacial score (nSPS) is 11.1. The van der Waals surface area contributed by atoms with E-state index in [1.807, 2.05) is 32.0 Å². The van der Waals surface area contributed by atoms with Crippen molar-refractivity contribution in [1.82, 2.24) is 4.98 Å². The molecule has 0 radical (unpaired) electrons. The van der Waals surface area contributed by atoms with Gasteiger partial charge in [-0.05, 0) is 55.2 Å². The van der Waals surface area contributed by atoms with Gasteiger partial charge in [-0.1, -0.05) is 32.0 Å². The Kier molecular flexibility index (Phi) is 4.53. The number of para-hydroxylation sites is 1. The third-order valence-corrected chi connectivity index (χ3v) is 4.31. The molecule has 128 valence electrons. The third-order valence-electron chi connectivity index (χ3n) is 4.31. The molecule has 0 unspecified atom stereocenters. The van der Waals surface area contributed by atoms with Gasteiger partial charge in [-0.2, -0.15) is 0 Å². The van der Waals surface area contributed by atoms with Crippen molar-refractivity contribution in [2.45, 2.75) is 33.6 Å². The average Bonchev–Trinajstić information content (AvgIpc) is 2.56. The van der Waals surface area contributed by atoms with Crippen LogP contribution in [0.1, 0.15) is 46.9 Å². The number of nitrogens with zero attached hydrogens (tertiary/aromatic N) is 1. The third kappa shape index (κ3) is 3.38. The zero-order valence-electron chi connectivity index (χ0n) is 14.9. The van der Waals surface area contributed by atoms with E-state index in [0.717, 1.165) is 22.5 Å². The van der Waals surface area contributed by atoms with Crippen LogP contribution < -0.4 is 5.32 Å². The highest BCUT2D eigenvalue weighted by Gasteiger charge is 2.16. The fraction of sp³-hybridized carbons (Fsp3) is 0.238. The first-order valence-electron chi connectivity index (χ1n) is 8.34. The van der Waals surface area contributed by atoms with Crippen LogP contribution in [0, 0.1) is 19.7 Å². The van der Waals surface area contributed by atoms with E-state index in [0.29, 0.717) is 16.5 Å². The number of rotatable bonds is 3. The van der Waals surface area contributed by atoms with Gasteiger partial charge in [0.2, 0.25) is 0 Å². The number of carbonyl (C=O) groups excluding carboxylic acids is 1. The zero-order chi connectivity index (χ0) is 18.1. The SMILES string of the molecule is Cc1cc(C(=O)Nc2c(C)cccc2C(C)C)c2cc(F)ccc2n1. The van der Waals surface area contributed by atoms with E-state index in [1.54, 1.807) is 12.1 Å². The van der Waals surface area contributed by atoms with Crippen molar-refractivity contribution < 1.29 is 9.18 Å². The maximum Gasteiger partial charge on any atom is 0.256 e. The second kappa shape index (κ2) is 6.63. The number of hydrogen-bond acceptors (Lipinski definition) is 2. The van der Waals surface area contributed by atoms with Crippen LogP contribution in [-0.4, -0.2) is 10.9 Å². The minimum Gasteiger partial charge on any atom is -0.321 e. The minimum absolute atomic E-state index is 0.253. The van der Waals surface area contributed by atoms with Gasteiger partial charge in [0, 0.05) is 16.8 Å². The number of carbonyl (C=O) groups is 1. The van der Waals surface area contributed by atoms with E-state index in [4.69, 9.17) is 0 Å². The van der Waals surface area contributed by atoms with Gasteiger partial charge in [-0.25, -0.2) is 4.39 Å². The predicted molar refractivity (Wildman–Crippen MR) is 99.7 cm³/mol. The van der Waals surface area contributed by atoms with Crippen molar-refractivity contribution in [3.8, 4) is 0 Å². The molecule has 0 atom stereocenters. The molecule has 0 aliphatic heterocycles. The molecule has 0 aliphatic rings. The summed E-state index contributed by atoms with van der Waals surface area (Å²) in [7, 11) is 0. The summed E-state index contributed by atoms with van der Waals surface area (Å²) in [6.45, 7) is 7.97. The first kappa shape index (κ1) is 17.1. The molecule has 0 bridgehead atoms. The fourth-order valence-corrected chi connectivity index (χ4v) is 3.04. The van der Waals surface area contributed by atoms with E-state index in [9.17, 15) is 9.18 Å². The zero-order valence-corrected chi connectivity index (χ0v) is 14.9. The number of amides is 1. The van der Waals surface area contributed by atoms with Gasteiger partial charge in [0.05, 0.1) is 11.1 Å². The van der Waals surface area contributed by atoms with E-state index < -0.39 is 0 Å². The molecule has 0 aliphatic carbocycles. The molecule has 1 aromatic heterocycles. The highest BCUT2D eigenvalue weighted by molar-refractivity contribution is 6.12. The van der Waals surface area contributed by atoms with Crippen LogP contribution >= 0.6 is 0 Å². The number of fused-ring (bicyclic) bond motifs is 1. The molecule has 4 heteroatoms. The molecule has 1 N–H and O–H groups in total. The highest BCUT2D eigenvalue weighted by atomic mass is 19.1. The second-order valence-electron chi connectivity index (χ2n) is 6.62. The van der Waals surface area contributed by atoms with Crippen LogP contribution in [0.4, 0.5) is 10.1 Å². The lowest BCUT2D eigenvalue weighted by atomic mass is 9.97. The molecular weight excluding hydrogens is 315 g/mol. The number of aryl methyl sites for hydroxylation is 2. The van der Waals surface area contributed by atoms with E-state index in [-0.39, 0.29) is 17.6 Å². The van der Waals surface area contributed by atoms with Gasteiger partial charge < -0.3 is 5.32 Å². The molecule has 1 heterocycles. The maximum absolute atomic E-state index is 13.7. The maximum atomic E-state index is 13.7. The monoisotopic (exact) mass is 336 g/mol. The van der Waals surface area contributed by atoms with Crippen LogP contribution in [0.15, 0.2) is 42.5 Å². The number of halogens is 1. The van der Waals surface area contributed by atoms with Crippen molar-refractivity contribution in [2.75, 3.05) is 5.32 Å². The van der Waals surface area contributed by atoms with Crippen molar-refractivity contribution >= 4 is 22.5 Å². The molecule has 1 amide bonds. The standard InChI is InChI=1S/C21H21FN2O/c1-12(2)16-7-5-6-13(3)20(16)24-21(25)18-10-14(4)23-19-9-8-15(22)11-17(18)19/h5-12H,1-4H3,(H,24,25). The number of nitrogens with one attached hydrogen (secondary N) is 1. The van der Waals surface area contributed by atoms with Gasteiger partial charge in [0.1, 0.15) is 5.82 Å². The summed E-state index contributed by atoms with van der Waals surface area (Å²) in [5.74, 6) is -0.355. The number of benzene rings is 2. The largest absolute Gasteiger partial charge is 0.321 e. The number of anilines is 1. The summed E-state index contributed by atoms with van der Waals surface area (Å²) in [5, 5.41) is 3.54. The molecule has 0 fully saturated rings. The average molecular weight is 336 g/mol. The summed E-state index contributed by atoms with van der Waals surface area (Å²) in [6, 6.07) is 12.0. The van der Waals surface area contributed by atoms with Gasteiger partial charge in [-0.15, -0.1) is 0 Å². The lowest BCUT2D eigenvalue weighted by molar-refractivity contribution is 0.102. The first-order chi connectivity index (χ1) is 11.9. The topological polar surface area (TPSA) is 42.0 Å². The molecule has 3 nitrogen and oxygen atoms in total. The van der Waals surface area contributed by atoms with E-state index in [1.165, 1.54) is 12.1 Å². The Labute approximate surface area is 146 Å². The van der Waals surface area contributed by atoms with Crippen molar-refractivity contribution in [3.63, 3.8) is 0 Å². The Morgan fingerprint density at radius 1 is 1.12 bits per heavy atom. The summed E-state index contributed by atoms with van der Waals surface area (Å²) >= 11 is 0. The highest BCUT2D eigenvalue weighted by Crippen LogP contribution is 2.29. The molecule has 25 heavy (non-hydrogen) atoms. The Bertz CT molecular complexity index is 964. The fourth-order valence-electron chi connectivity index (χ4n) is 3.04. The van der Waals surface area contributed by atoms with Crippen LogP contribution in [-0.2, 0) is 0 Å². The molecular formula is C21H21FN2O. The first-order valence-corrected chi connectivity index (χ1v) is 8.34. The number of pyridine rings is 1. The summed E-state index contributed by atoms with van der Waals surface area (Å²) in [4.78, 5) is 17.3. The summed E-state index contributed by atoms with van der Waals surface area (Å²) in [6.07, 6.45) is 0. The molecule has 3 rings (SSSR count). The van der Waals surface area contributed by atoms with Crippen LogP contribution in [0.2, 0.25) is 0 Å². The number of hydrogen-bond donors (Lipinski definition) is 1. The van der Waals surface area contributed by atoms with Gasteiger partial charge in [0.15, 0.2) is 0 Å². The molecule has 3 aromatic rings. The van der Waals surface area contributed by atoms with E-state index >= 15 is 0 Å². The summed E-state index contributed by atoms with van der Waals surface area (Å²) < 4.78 is 13.7. The number of aromatic nitrogens is 1. The van der Waals surface area contributed by atoms with Gasteiger partial charge >= 0.3 is 0 Å². The smallest absolute Gasteiger partial charge is 0.256 e. The summed E-state index contributed by atoms with van der Waals surface area (Å²) in [5.41, 5.74) is 4.66. The van der Waals surface area contributed by atoms with Crippen LogP contribution in [0.3, 0.4) is 0 Å². The molecule has 0 saturated carbocycles. The van der Waals surface area contributed by atoms with Crippen molar-refractivity contribution in [3.05, 3.63) is 70.7 Å². The van der Waals surface area contributed by atoms with Crippen LogP contribution in [0.25, 0.3) is 10.9 Å². The van der Waals surface area contributed by atoms with Gasteiger partial charge in [0.25, 0.3) is 5.91 Å². The molecule has 0 spiro atoms. The quantitative estimate of drug-likeness (QED) is 0.699. The minimum atomic E-state index is -0.383. The lowest BCUT2D eigenvalue weighted by Crippen LogP contribution is -2.16. The lowest BCUT2D eigenvalue weighted by Gasteiger charge is -2.17. The second-order valence-corrected chi connectivity index (χ2v) is 6.62. The van der Waals surface area contributed by atoms with Crippen molar-refractivity contribution in [2.24, 2.45) is 0 Å².